The third-order valence-electron chi connectivity index (χ3n) is 5.33. The molecule has 2 heterocycles. The minimum absolute atomic E-state index is 0.223. The number of para-hydroxylation sites is 1. The quantitative estimate of drug-likeness (QED) is 0.690. The zero-order chi connectivity index (χ0) is 19.9. The number of sulfonamides is 1. The molecule has 1 atom stereocenters. The van der Waals surface area contributed by atoms with Gasteiger partial charge in [-0.15, -0.1) is 12.3 Å². The van der Waals surface area contributed by atoms with Crippen molar-refractivity contribution in [1.82, 2.24) is 9.29 Å². The second-order valence-electron chi connectivity index (χ2n) is 7.33. The summed E-state index contributed by atoms with van der Waals surface area (Å²) in [6, 6.07) is 15.4. The van der Waals surface area contributed by atoms with Crippen LogP contribution >= 0.6 is 0 Å². The fourth-order valence-electron chi connectivity index (χ4n) is 3.71. The molecule has 1 fully saturated rings. The highest BCUT2D eigenvalue weighted by Gasteiger charge is 2.26. The van der Waals surface area contributed by atoms with Gasteiger partial charge in [-0.3, -0.25) is 0 Å². The predicted octanol–water partition coefficient (Wildman–Crippen LogP) is 3.54. The van der Waals surface area contributed by atoms with Crippen molar-refractivity contribution in [1.29, 1.82) is 0 Å². The smallest absolute Gasteiger partial charge is 0.242 e. The van der Waals surface area contributed by atoms with Crippen LogP contribution in [0.4, 0.5) is 5.69 Å². The summed E-state index contributed by atoms with van der Waals surface area (Å²) < 4.78 is 26.6. The van der Waals surface area contributed by atoms with E-state index in [1.807, 2.05) is 30.3 Å². The van der Waals surface area contributed by atoms with Gasteiger partial charge in [0.15, 0.2) is 0 Å². The van der Waals surface area contributed by atoms with Crippen LogP contribution in [0.1, 0.15) is 6.42 Å². The molecule has 1 aromatic heterocycles. The predicted molar refractivity (Wildman–Crippen MR) is 114 cm³/mol. The molecule has 5 nitrogen and oxygen atoms in total. The van der Waals surface area contributed by atoms with Crippen LogP contribution in [0.5, 0.6) is 0 Å². The van der Waals surface area contributed by atoms with E-state index < -0.39 is 10.0 Å². The second kappa shape index (κ2) is 7.01. The maximum atomic E-state index is 12.7. The lowest BCUT2D eigenvalue weighted by Gasteiger charge is -2.22. The molecule has 0 bridgehead atoms. The zero-order valence-corrected chi connectivity index (χ0v) is 16.8. The van der Waals surface area contributed by atoms with Gasteiger partial charge in [0.2, 0.25) is 10.0 Å². The minimum Gasteiger partial charge on any atom is -0.370 e. The molecule has 0 aliphatic carbocycles. The third kappa shape index (κ3) is 3.17. The summed E-state index contributed by atoms with van der Waals surface area (Å²) >= 11 is 0. The maximum Gasteiger partial charge on any atom is 0.242 e. The number of nitrogens with zero attached hydrogens (tertiary/aromatic N) is 2. The summed E-state index contributed by atoms with van der Waals surface area (Å²) in [4.78, 5) is 5.96. The molecule has 1 aliphatic heterocycles. The molecule has 4 rings (SSSR count). The topological polar surface area (TPSA) is 56.4 Å². The first-order valence-corrected chi connectivity index (χ1v) is 10.7. The summed E-state index contributed by atoms with van der Waals surface area (Å²) in [7, 11) is -0.434. The van der Waals surface area contributed by atoms with Crippen LogP contribution in [0.15, 0.2) is 53.4 Å². The standard InChI is InChI=1S/C22H23N3O2S/c1-4-16-11-12-25(15-16)22-10-9-18(28(26,27)24(2)3)14-19(22)21-13-17-7-5-6-8-20(17)23-21/h1,5-10,13-14,16,23H,11-12,15H2,2-3H3. The summed E-state index contributed by atoms with van der Waals surface area (Å²) in [6.07, 6.45) is 6.57. The average molecular weight is 394 g/mol. The van der Waals surface area contributed by atoms with E-state index in [9.17, 15) is 8.42 Å². The van der Waals surface area contributed by atoms with Gasteiger partial charge in [-0.1, -0.05) is 18.2 Å². The number of nitrogens with one attached hydrogen (secondary N) is 1. The Kier molecular flexibility index (Phi) is 4.66. The summed E-state index contributed by atoms with van der Waals surface area (Å²) in [5.74, 6) is 3.07. The normalized spacial score (nSPS) is 17.4. The number of aromatic nitrogens is 1. The van der Waals surface area contributed by atoms with Crippen LogP contribution in [-0.2, 0) is 10.0 Å². The number of anilines is 1. The lowest BCUT2D eigenvalue weighted by Crippen LogP contribution is -2.23. The van der Waals surface area contributed by atoms with E-state index in [0.29, 0.717) is 0 Å². The molecule has 28 heavy (non-hydrogen) atoms. The number of rotatable bonds is 4. The van der Waals surface area contributed by atoms with Crippen molar-refractivity contribution in [3.63, 3.8) is 0 Å². The molecule has 1 aliphatic rings. The summed E-state index contributed by atoms with van der Waals surface area (Å²) in [5.41, 5.74) is 3.79. The van der Waals surface area contributed by atoms with Gasteiger partial charge >= 0.3 is 0 Å². The van der Waals surface area contributed by atoms with Crippen LogP contribution in [0.2, 0.25) is 0 Å². The summed E-state index contributed by atoms with van der Waals surface area (Å²) in [5, 5.41) is 1.09. The Morgan fingerprint density at radius 1 is 1.18 bits per heavy atom. The first-order chi connectivity index (χ1) is 13.4. The van der Waals surface area contributed by atoms with Gasteiger partial charge in [-0.05, 0) is 36.8 Å². The van der Waals surface area contributed by atoms with Gasteiger partial charge < -0.3 is 9.88 Å². The van der Waals surface area contributed by atoms with E-state index in [4.69, 9.17) is 6.42 Å². The van der Waals surface area contributed by atoms with E-state index in [-0.39, 0.29) is 10.8 Å². The Morgan fingerprint density at radius 2 is 1.96 bits per heavy atom. The van der Waals surface area contributed by atoms with E-state index in [1.54, 1.807) is 26.2 Å². The molecule has 2 aromatic carbocycles. The molecular formula is C22H23N3O2S. The van der Waals surface area contributed by atoms with Crippen molar-refractivity contribution in [3.05, 3.63) is 48.5 Å². The Bertz CT molecular complexity index is 1140. The number of hydrogen-bond acceptors (Lipinski definition) is 3. The van der Waals surface area contributed by atoms with E-state index in [1.165, 1.54) is 4.31 Å². The Balaban J connectivity index is 1.88. The van der Waals surface area contributed by atoms with Gasteiger partial charge in [-0.25, -0.2) is 12.7 Å². The number of terminal acetylenes is 1. The molecule has 3 aromatic rings. The lowest BCUT2D eigenvalue weighted by molar-refractivity contribution is 0.521. The van der Waals surface area contributed by atoms with Crippen molar-refractivity contribution in [2.75, 3.05) is 32.1 Å². The van der Waals surface area contributed by atoms with Crippen molar-refractivity contribution < 1.29 is 8.42 Å². The fraction of sp³-hybridized carbons (Fsp3) is 0.273. The molecule has 0 radical (unpaired) electrons. The largest absolute Gasteiger partial charge is 0.370 e. The Hall–Kier alpha value is -2.75. The van der Waals surface area contributed by atoms with Crippen LogP contribution in [0.3, 0.4) is 0 Å². The van der Waals surface area contributed by atoms with E-state index in [0.717, 1.165) is 47.4 Å². The second-order valence-corrected chi connectivity index (χ2v) is 9.49. The highest BCUT2D eigenvalue weighted by atomic mass is 32.2. The number of hydrogen-bond donors (Lipinski definition) is 1. The average Bonchev–Trinajstić information content (AvgIpc) is 3.34. The van der Waals surface area contributed by atoms with Gasteiger partial charge in [0.1, 0.15) is 0 Å². The highest BCUT2D eigenvalue weighted by Crippen LogP contribution is 2.37. The van der Waals surface area contributed by atoms with Crippen LogP contribution < -0.4 is 4.90 Å². The first kappa shape index (κ1) is 18.6. The lowest BCUT2D eigenvalue weighted by atomic mass is 10.1. The minimum atomic E-state index is -3.52. The highest BCUT2D eigenvalue weighted by molar-refractivity contribution is 7.89. The Morgan fingerprint density at radius 3 is 2.64 bits per heavy atom. The molecular weight excluding hydrogens is 370 g/mol. The number of H-pyrrole nitrogens is 1. The maximum absolute atomic E-state index is 12.7. The zero-order valence-electron chi connectivity index (χ0n) is 16.0. The van der Waals surface area contributed by atoms with Crippen molar-refractivity contribution in [3.8, 4) is 23.6 Å². The Labute approximate surface area is 166 Å². The van der Waals surface area contributed by atoms with E-state index >= 15 is 0 Å². The van der Waals surface area contributed by atoms with Gasteiger partial charge in [0, 0.05) is 61.0 Å². The first-order valence-electron chi connectivity index (χ1n) is 9.26. The number of fused-ring (bicyclic) bond motifs is 1. The van der Waals surface area contributed by atoms with Crippen LogP contribution in [0.25, 0.3) is 22.2 Å². The fourth-order valence-corrected chi connectivity index (χ4v) is 4.64. The molecule has 1 saturated heterocycles. The van der Waals surface area contributed by atoms with E-state index in [2.05, 4.69) is 21.9 Å². The molecule has 1 unspecified atom stereocenters. The number of aromatic amines is 1. The monoisotopic (exact) mass is 393 g/mol. The SMILES string of the molecule is C#CC1CCN(c2ccc(S(=O)(=O)N(C)C)cc2-c2cc3ccccc3[nH]2)C1. The number of benzene rings is 2. The molecule has 144 valence electrons. The molecule has 0 spiro atoms. The van der Waals surface area contributed by atoms with Gasteiger partial charge in [0.25, 0.3) is 0 Å². The van der Waals surface area contributed by atoms with Crippen molar-refractivity contribution in [2.45, 2.75) is 11.3 Å². The van der Waals surface area contributed by atoms with Gasteiger partial charge in [0.05, 0.1) is 4.90 Å². The molecule has 1 N–H and O–H groups in total. The van der Waals surface area contributed by atoms with Crippen molar-refractivity contribution in [2.24, 2.45) is 5.92 Å². The van der Waals surface area contributed by atoms with Gasteiger partial charge in [-0.2, -0.15) is 0 Å². The third-order valence-corrected chi connectivity index (χ3v) is 7.14. The molecule has 6 heteroatoms. The van der Waals surface area contributed by atoms with Crippen LogP contribution in [0, 0.1) is 18.3 Å². The summed E-state index contributed by atoms with van der Waals surface area (Å²) in [6.45, 7) is 1.64. The van der Waals surface area contributed by atoms with Crippen molar-refractivity contribution >= 4 is 26.6 Å². The molecule has 0 amide bonds. The molecule has 0 saturated carbocycles. The van der Waals surface area contributed by atoms with Crippen LogP contribution in [-0.4, -0.2) is 44.9 Å².